The van der Waals surface area contributed by atoms with Gasteiger partial charge in [-0.1, -0.05) is 24.3 Å². The summed E-state index contributed by atoms with van der Waals surface area (Å²) >= 11 is 0. The van der Waals surface area contributed by atoms with E-state index in [1.165, 1.54) is 13.4 Å². The molecule has 1 aliphatic rings. The van der Waals surface area contributed by atoms with Gasteiger partial charge in [-0.05, 0) is 48.0 Å². The first-order chi connectivity index (χ1) is 14.1. The Hall–Kier alpha value is -4.13. The fraction of sp³-hybridized carbons (Fsp3) is 0.0455. The van der Waals surface area contributed by atoms with E-state index in [4.69, 9.17) is 18.6 Å². The number of nitrogens with zero attached hydrogens (tertiary/aromatic N) is 1. The van der Waals surface area contributed by atoms with Gasteiger partial charge >= 0.3 is 11.9 Å². The molecule has 0 saturated carbocycles. The van der Waals surface area contributed by atoms with E-state index in [2.05, 4.69) is 4.99 Å². The summed E-state index contributed by atoms with van der Waals surface area (Å²) in [6.45, 7) is 0. The maximum Gasteiger partial charge on any atom is 0.363 e. The number of hydrogen-bond acceptors (Lipinski definition) is 7. The van der Waals surface area contributed by atoms with Crippen LogP contribution in [0.15, 0.2) is 82.0 Å². The molecule has 2 heterocycles. The third-order valence-electron chi connectivity index (χ3n) is 4.06. The summed E-state index contributed by atoms with van der Waals surface area (Å²) in [6.07, 6.45) is 3.01. The van der Waals surface area contributed by atoms with Gasteiger partial charge in [-0.25, -0.2) is 14.6 Å². The highest BCUT2D eigenvalue weighted by molar-refractivity contribution is 6.11. The second-order valence-electron chi connectivity index (χ2n) is 5.98. The summed E-state index contributed by atoms with van der Waals surface area (Å²) in [4.78, 5) is 28.5. The Morgan fingerprint density at radius 1 is 1.03 bits per heavy atom. The topological polar surface area (TPSA) is 87.3 Å². The van der Waals surface area contributed by atoms with E-state index < -0.39 is 11.9 Å². The lowest BCUT2D eigenvalue weighted by Gasteiger charge is -2.10. The van der Waals surface area contributed by atoms with Gasteiger partial charge in [-0.2, -0.15) is 0 Å². The average molecular weight is 389 g/mol. The van der Waals surface area contributed by atoms with Crippen LogP contribution in [0.1, 0.15) is 21.7 Å². The zero-order valence-electron chi connectivity index (χ0n) is 15.3. The van der Waals surface area contributed by atoms with Crippen LogP contribution in [0.3, 0.4) is 0 Å². The first kappa shape index (κ1) is 18.2. The standard InChI is InChI=1S/C22H15NO6/c1-26-19-13-14(9-10-17(19)28-21(24)15-6-3-2-4-7-15)12-16-22(25)29-20(23-16)18-8-5-11-27-18/h2-13H,1H3/b16-12-. The molecule has 0 bridgehead atoms. The van der Waals surface area contributed by atoms with Crippen LogP contribution >= 0.6 is 0 Å². The number of rotatable bonds is 5. The molecule has 4 rings (SSSR count). The van der Waals surface area contributed by atoms with Gasteiger partial charge in [0, 0.05) is 0 Å². The van der Waals surface area contributed by atoms with Gasteiger partial charge < -0.3 is 18.6 Å². The van der Waals surface area contributed by atoms with Gasteiger partial charge in [0.05, 0.1) is 18.9 Å². The number of hydrogen-bond donors (Lipinski definition) is 0. The van der Waals surface area contributed by atoms with Crippen molar-refractivity contribution < 1.29 is 28.2 Å². The molecule has 29 heavy (non-hydrogen) atoms. The highest BCUT2D eigenvalue weighted by Gasteiger charge is 2.26. The third-order valence-corrected chi connectivity index (χ3v) is 4.06. The Bertz CT molecular complexity index is 1110. The summed E-state index contributed by atoms with van der Waals surface area (Å²) in [5.41, 5.74) is 1.17. The predicted molar refractivity (Wildman–Crippen MR) is 104 cm³/mol. The number of ether oxygens (including phenoxy) is 3. The second kappa shape index (κ2) is 7.85. The molecule has 0 saturated heterocycles. The molecule has 1 aliphatic heterocycles. The van der Waals surface area contributed by atoms with Gasteiger partial charge in [0.15, 0.2) is 23.0 Å². The van der Waals surface area contributed by atoms with Crippen molar-refractivity contribution in [3.63, 3.8) is 0 Å². The Balaban J connectivity index is 1.57. The van der Waals surface area contributed by atoms with Crippen LogP contribution < -0.4 is 9.47 Å². The van der Waals surface area contributed by atoms with E-state index in [0.717, 1.165) is 0 Å². The number of aliphatic imine (C=N–C) groups is 1. The molecule has 0 radical (unpaired) electrons. The number of methoxy groups -OCH3 is 1. The van der Waals surface area contributed by atoms with E-state index in [9.17, 15) is 9.59 Å². The number of cyclic esters (lactones) is 1. The molecule has 7 heteroatoms. The molecule has 0 unspecified atom stereocenters. The first-order valence-electron chi connectivity index (χ1n) is 8.66. The largest absolute Gasteiger partial charge is 0.493 e. The molecule has 3 aromatic rings. The minimum Gasteiger partial charge on any atom is -0.493 e. The van der Waals surface area contributed by atoms with Crippen molar-refractivity contribution in [3.8, 4) is 11.5 Å². The first-order valence-corrected chi connectivity index (χ1v) is 8.66. The van der Waals surface area contributed by atoms with Crippen molar-refractivity contribution in [1.29, 1.82) is 0 Å². The summed E-state index contributed by atoms with van der Waals surface area (Å²) in [6, 6.07) is 16.9. The van der Waals surface area contributed by atoms with Crippen LogP contribution in [0.4, 0.5) is 0 Å². The van der Waals surface area contributed by atoms with Gasteiger partial charge in [0.25, 0.3) is 5.90 Å². The number of furan rings is 1. The van der Waals surface area contributed by atoms with Gasteiger partial charge in [0.1, 0.15) is 0 Å². The molecule has 1 aromatic heterocycles. The zero-order chi connectivity index (χ0) is 20.2. The van der Waals surface area contributed by atoms with Crippen LogP contribution in [-0.4, -0.2) is 24.9 Å². The molecule has 0 spiro atoms. The van der Waals surface area contributed by atoms with Crippen LogP contribution in [0.25, 0.3) is 6.08 Å². The Kier molecular flexibility index (Phi) is 4.94. The van der Waals surface area contributed by atoms with Crippen molar-refractivity contribution in [1.82, 2.24) is 0 Å². The monoisotopic (exact) mass is 389 g/mol. The molecule has 144 valence electrons. The van der Waals surface area contributed by atoms with Gasteiger partial charge in [-0.3, -0.25) is 0 Å². The number of carbonyl (C=O) groups is 2. The van der Waals surface area contributed by atoms with E-state index in [1.807, 2.05) is 6.07 Å². The summed E-state index contributed by atoms with van der Waals surface area (Å²) in [5.74, 6) is -0.0198. The Labute approximate surface area is 165 Å². The molecule has 0 fully saturated rings. The lowest BCUT2D eigenvalue weighted by molar-refractivity contribution is -0.130. The van der Waals surface area contributed by atoms with Crippen molar-refractivity contribution in [2.24, 2.45) is 4.99 Å². The molecule has 7 nitrogen and oxygen atoms in total. The SMILES string of the molecule is COc1cc(/C=C2\N=C(c3ccco3)OC2=O)ccc1OC(=O)c1ccccc1. The van der Waals surface area contributed by atoms with Crippen molar-refractivity contribution >= 4 is 23.9 Å². The molecule has 0 aliphatic carbocycles. The zero-order valence-corrected chi connectivity index (χ0v) is 15.3. The summed E-state index contributed by atoms with van der Waals surface area (Å²) < 4.78 is 21.0. The Morgan fingerprint density at radius 3 is 2.59 bits per heavy atom. The maximum atomic E-state index is 12.3. The maximum absolute atomic E-state index is 12.3. The Morgan fingerprint density at radius 2 is 1.86 bits per heavy atom. The van der Waals surface area contributed by atoms with Crippen LogP contribution in [0.5, 0.6) is 11.5 Å². The van der Waals surface area contributed by atoms with E-state index >= 15 is 0 Å². The van der Waals surface area contributed by atoms with Gasteiger partial charge in [0.2, 0.25) is 0 Å². The van der Waals surface area contributed by atoms with Gasteiger partial charge in [-0.15, -0.1) is 0 Å². The van der Waals surface area contributed by atoms with Crippen molar-refractivity contribution in [2.45, 2.75) is 0 Å². The van der Waals surface area contributed by atoms with E-state index in [1.54, 1.807) is 60.7 Å². The molecular formula is C22H15NO6. The average Bonchev–Trinajstić information content (AvgIpc) is 3.40. The fourth-order valence-electron chi connectivity index (χ4n) is 2.66. The minimum atomic E-state index is -0.588. The van der Waals surface area contributed by atoms with Crippen molar-refractivity contribution in [2.75, 3.05) is 7.11 Å². The van der Waals surface area contributed by atoms with Crippen LogP contribution in [0.2, 0.25) is 0 Å². The second-order valence-corrected chi connectivity index (χ2v) is 5.98. The van der Waals surface area contributed by atoms with Crippen molar-refractivity contribution in [3.05, 3.63) is 89.5 Å². The smallest absolute Gasteiger partial charge is 0.363 e. The quantitative estimate of drug-likeness (QED) is 0.374. The van der Waals surface area contributed by atoms with E-state index in [0.29, 0.717) is 22.6 Å². The number of esters is 2. The van der Waals surface area contributed by atoms with Crippen LogP contribution in [-0.2, 0) is 9.53 Å². The lowest BCUT2D eigenvalue weighted by Crippen LogP contribution is -2.09. The molecule has 0 N–H and O–H groups in total. The highest BCUT2D eigenvalue weighted by Crippen LogP contribution is 2.30. The molecule has 2 aromatic carbocycles. The third kappa shape index (κ3) is 3.93. The minimum absolute atomic E-state index is 0.103. The fourth-order valence-corrected chi connectivity index (χ4v) is 2.66. The van der Waals surface area contributed by atoms with Crippen LogP contribution in [0, 0.1) is 0 Å². The number of carbonyl (C=O) groups excluding carboxylic acids is 2. The highest BCUT2D eigenvalue weighted by atomic mass is 16.6. The lowest BCUT2D eigenvalue weighted by atomic mass is 10.1. The molecular weight excluding hydrogens is 374 g/mol. The normalized spacial score (nSPS) is 14.4. The summed E-state index contributed by atoms with van der Waals surface area (Å²) in [7, 11) is 1.46. The number of benzene rings is 2. The summed E-state index contributed by atoms with van der Waals surface area (Å²) in [5, 5.41) is 0. The molecule has 0 amide bonds. The van der Waals surface area contributed by atoms with E-state index in [-0.39, 0.29) is 17.3 Å². The predicted octanol–water partition coefficient (Wildman–Crippen LogP) is 3.85. The molecule has 0 atom stereocenters.